The summed E-state index contributed by atoms with van der Waals surface area (Å²) in [6.45, 7) is 0.955. The van der Waals surface area contributed by atoms with Crippen molar-refractivity contribution in [3.8, 4) is 11.1 Å². The molecule has 0 unspecified atom stereocenters. The number of nitrogens with zero attached hydrogens (tertiary/aromatic N) is 2. The van der Waals surface area contributed by atoms with Gasteiger partial charge in [0, 0.05) is 6.54 Å². The zero-order chi connectivity index (χ0) is 24.1. The topological polar surface area (TPSA) is 87.0 Å². The third kappa shape index (κ3) is 3.74. The molecule has 33 heavy (non-hydrogen) atoms. The van der Waals surface area contributed by atoms with Crippen molar-refractivity contribution in [1.82, 2.24) is 0 Å². The van der Waals surface area contributed by atoms with E-state index >= 15 is 0 Å². The third-order valence-electron chi connectivity index (χ3n) is 5.13. The summed E-state index contributed by atoms with van der Waals surface area (Å²) in [5.41, 5.74) is 0.581. The van der Waals surface area contributed by atoms with Crippen molar-refractivity contribution >= 4 is 27.5 Å². The molecule has 3 aromatic carbocycles. The zero-order valence-corrected chi connectivity index (χ0v) is 17.6. The Labute approximate surface area is 185 Å². The number of halogens is 4. The maximum Gasteiger partial charge on any atom is 0.336 e. The largest absolute Gasteiger partial charge is 0.478 e. The fourth-order valence-electron chi connectivity index (χ4n) is 3.59. The maximum atomic E-state index is 14.6. The van der Waals surface area contributed by atoms with Crippen LogP contribution in [0.15, 0.2) is 57.8 Å². The first kappa shape index (κ1) is 22.5. The summed E-state index contributed by atoms with van der Waals surface area (Å²) in [4.78, 5) is 11.0. The van der Waals surface area contributed by atoms with Crippen LogP contribution in [0.4, 0.5) is 23.2 Å². The number of sulfonamides is 1. The minimum atomic E-state index is -4.80. The number of carbonyl (C=O) groups is 1. The third-order valence-corrected chi connectivity index (χ3v) is 6.53. The number of hydrogen-bond acceptors (Lipinski definition) is 4. The molecule has 0 saturated carbocycles. The van der Waals surface area contributed by atoms with Crippen LogP contribution in [0.3, 0.4) is 0 Å². The van der Waals surface area contributed by atoms with Gasteiger partial charge in [0.05, 0.1) is 5.56 Å². The van der Waals surface area contributed by atoms with E-state index in [4.69, 9.17) is 0 Å². The molecule has 0 aromatic heterocycles. The van der Waals surface area contributed by atoms with E-state index < -0.39 is 49.8 Å². The molecule has 0 aliphatic carbocycles. The molecule has 1 aliphatic heterocycles. The summed E-state index contributed by atoms with van der Waals surface area (Å²) in [6.07, 6.45) is 0. The maximum absolute atomic E-state index is 14.6. The normalized spacial score (nSPS) is 14.6. The number of carboxylic acid groups (broad SMARTS) is 1. The second-order valence-electron chi connectivity index (χ2n) is 7.18. The van der Waals surface area contributed by atoms with E-state index in [0.717, 1.165) is 4.90 Å². The van der Waals surface area contributed by atoms with Gasteiger partial charge in [0.2, 0.25) is 0 Å². The van der Waals surface area contributed by atoms with Crippen LogP contribution in [0.2, 0.25) is 0 Å². The van der Waals surface area contributed by atoms with Gasteiger partial charge in [0.1, 0.15) is 11.5 Å². The van der Waals surface area contributed by atoms with Gasteiger partial charge in [-0.05, 0) is 29.7 Å². The van der Waals surface area contributed by atoms with E-state index in [2.05, 4.69) is 4.40 Å². The average molecular weight is 478 g/mol. The summed E-state index contributed by atoms with van der Waals surface area (Å²) in [5, 5.41) is 9.36. The first-order chi connectivity index (χ1) is 15.5. The van der Waals surface area contributed by atoms with E-state index in [1.165, 1.54) is 13.0 Å². The van der Waals surface area contributed by atoms with E-state index in [1.54, 1.807) is 42.5 Å². The molecular weight excluding hydrogens is 464 g/mol. The van der Waals surface area contributed by atoms with Crippen molar-refractivity contribution in [2.24, 2.45) is 4.40 Å². The van der Waals surface area contributed by atoms with Gasteiger partial charge in [0.15, 0.2) is 28.2 Å². The Kier molecular flexibility index (Phi) is 5.44. The van der Waals surface area contributed by atoms with Gasteiger partial charge >= 0.3 is 5.97 Å². The number of carboxylic acids is 1. The standard InChI is InChI=1S/C22H14F4N2O4S/c1-11-27-33(31,32)21-19(26)17(24)16(23)18(25)20(21)28(11)10-12-6-8-13(9-7-12)14-4-2-3-5-15(14)22(29)30/h2-9H,10H2,1H3,(H,29,30). The lowest BCUT2D eigenvalue weighted by Gasteiger charge is -2.30. The molecule has 0 radical (unpaired) electrons. The molecule has 3 aromatic rings. The van der Waals surface area contributed by atoms with Crippen molar-refractivity contribution in [2.45, 2.75) is 18.4 Å². The van der Waals surface area contributed by atoms with E-state index in [1.807, 2.05) is 0 Å². The fourth-order valence-corrected chi connectivity index (χ4v) is 4.89. The van der Waals surface area contributed by atoms with Crippen molar-refractivity contribution < 1.29 is 35.9 Å². The van der Waals surface area contributed by atoms with Gasteiger partial charge < -0.3 is 10.0 Å². The summed E-state index contributed by atoms with van der Waals surface area (Å²) in [7, 11) is -4.80. The highest BCUT2D eigenvalue weighted by atomic mass is 32.2. The molecule has 1 aliphatic rings. The quantitative estimate of drug-likeness (QED) is 0.333. The number of amidine groups is 1. The summed E-state index contributed by atoms with van der Waals surface area (Å²) in [6, 6.07) is 12.6. The number of hydrogen-bond donors (Lipinski definition) is 1. The van der Waals surface area contributed by atoms with Crippen LogP contribution in [0.5, 0.6) is 0 Å². The molecule has 4 rings (SSSR count). The predicted molar refractivity (Wildman–Crippen MR) is 112 cm³/mol. The minimum absolute atomic E-state index is 0.0819. The highest BCUT2D eigenvalue weighted by Gasteiger charge is 2.39. The van der Waals surface area contributed by atoms with Crippen LogP contribution in [0, 0.1) is 23.3 Å². The number of aromatic carboxylic acids is 1. The Balaban J connectivity index is 1.76. The van der Waals surface area contributed by atoms with Crippen molar-refractivity contribution in [2.75, 3.05) is 4.90 Å². The second-order valence-corrected chi connectivity index (χ2v) is 8.72. The van der Waals surface area contributed by atoms with Crippen LogP contribution in [0.25, 0.3) is 11.1 Å². The molecule has 0 atom stereocenters. The highest BCUT2D eigenvalue weighted by molar-refractivity contribution is 7.90. The van der Waals surface area contributed by atoms with Gasteiger partial charge in [-0.15, -0.1) is 4.40 Å². The van der Waals surface area contributed by atoms with Crippen LogP contribution in [-0.2, 0) is 16.6 Å². The van der Waals surface area contributed by atoms with Crippen molar-refractivity contribution in [1.29, 1.82) is 0 Å². The Morgan fingerprint density at radius 3 is 2.18 bits per heavy atom. The second kappa shape index (κ2) is 8.00. The van der Waals surface area contributed by atoms with E-state index in [0.29, 0.717) is 16.7 Å². The Morgan fingerprint density at radius 1 is 0.939 bits per heavy atom. The Hall–Kier alpha value is -3.73. The van der Waals surface area contributed by atoms with Gasteiger partial charge in [-0.25, -0.2) is 22.4 Å². The summed E-state index contributed by atoms with van der Waals surface area (Å²) < 4.78 is 84.4. The van der Waals surface area contributed by atoms with Crippen LogP contribution < -0.4 is 4.90 Å². The molecule has 0 amide bonds. The molecule has 1 N–H and O–H groups in total. The predicted octanol–water partition coefficient (Wildman–Crippen LogP) is 4.74. The summed E-state index contributed by atoms with van der Waals surface area (Å²) >= 11 is 0. The first-order valence-corrected chi connectivity index (χ1v) is 10.8. The lowest BCUT2D eigenvalue weighted by molar-refractivity contribution is 0.0697. The Morgan fingerprint density at radius 2 is 1.55 bits per heavy atom. The molecule has 6 nitrogen and oxygen atoms in total. The van der Waals surface area contributed by atoms with E-state index in [9.17, 15) is 35.9 Å². The smallest absolute Gasteiger partial charge is 0.336 e. The molecular formula is C22H14F4N2O4S. The number of benzene rings is 3. The van der Waals surface area contributed by atoms with Crippen molar-refractivity contribution in [3.05, 3.63) is 82.9 Å². The number of fused-ring (bicyclic) bond motifs is 1. The lowest BCUT2D eigenvalue weighted by atomic mass is 9.98. The SMILES string of the molecule is CC1=NS(=O)(=O)c2c(F)c(F)c(F)c(F)c2N1Cc1ccc(-c2ccccc2C(=O)O)cc1. The number of rotatable bonds is 4. The fraction of sp³-hybridized carbons (Fsp3) is 0.0909. The Bertz CT molecular complexity index is 1440. The lowest BCUT2D eigenvalue weighted by Crippen LogP contribution is -2.35. The van der Waals surface area contributed by atoms with Crippen LogP contribution >= 0.6 is 0 Å². The average Bonchev–Trinajstić information content (AvgIpc) is 2.77. The summed E-state index contributed by atoms with van der Waals surface area (Å²) in [5.74, 6) is -9.67. The molecule has 0 saturated heterocycles. The molecule has 0 fully saturated rings. The van der Waals surface area contributed by atoms with Gasteiger partial charge in [0.25, 0.3) is 10.0 Å². The molecule has 11 heteroatoms. The van der Waals surface area contributed by atoms with Crippen LogP contribution in [-0.4, -0.2) is 25.3 Å². The minimum Gasteiger partial charge on any atom is -0.478 e. The zero-order valence-electron chi connectivity index (χ0n) is 16.8. The monoisotopic (exact) mass is 478 g/mol. The molecule has 170 valence electrons. The first-order valence-electron chi connectivity index (χ1n) is 9.39. The van der Waals surface area contributed by atoms with E-state index in [-0.39, 0.29) is 17.9 Å². The highest BCUT2D eigenvalue weighted by Crippen LogP contribution is 2.39. The molecule has 1 heterocycles. The van der Waals surface area contributed by atoms with Crippen LogP contribution in [0.1, 0.15) is 22.8 Å². The van der Waals surface area contributed by atoms with Gasteiger partial charge in [-0.2, -0.15) is 8.42 Å². The number of anilines is 1. The van der Waals surface area contributed by atoms with Gasteiger partial charge in [-0.1, -0.05) is 42.5 Å². The molecule has 0 bridgehead atoms. The van der Waals surface area contributed by atoms with Gasteiger partial charge in [-0.3, -0.25) is 0 Å². The van der Waals surface area contributed by atoms with Crippen molar-refractivity contribution in [3.63, 3.8) is 0 Å². The molecule has 0 spiro atoms.